The van der Waals surface area contributed by atoms with Gasteiger partial charge in [-0.05, 0) is 37.1 Å². The van der Waals surface area contributed by atoms with Crippen LogP contribution >= 0.6 is 0 Å². The van der Waals surface area contributed by atoms with Crippen LogP contribution < -0.4 is 5.32 Å². The highest BCUT2D eigenvalue weighted by Crippen LogP contribution is 2.18. The predicted octanol–water partition coefficient (Wildman–Crippen LogP) is 3.39. The summed E-state index contributed by atoms with van der Waals surface area (Å²) in [5.74, 6) is 0.141. The van der Waals surface area contributed by atoms with Crippen molar-refractivity contribution in [2.24, 2.45) is 0 Å². The zero-order valence-electron chi connectivity index (χ0n) is 11.1. The third-order valence-corrected chi connectivity index (χ3v) is 3.15. The van der Waals surface area contributed by atoms with Crippen molar-refractivity contribution in [2.75, 3.05) is 0 Å². The van der Waals surface area contributed by atoms with E-state index in [1.165, 1.54) is 0 Å². The number of hydrogen-bond acceptors (Lipinski definition) is 3. The zero-order valence-corrected chi connectivity index (χ0v) is 11.1. The molecule has 1 unspecified atom stereocenters. The number of nitrogens with one attached hydrogen (secondary N) is 1. The van der Waals surface area contributed by atoms with Crippen molar-refractivity contribution < 1.29 is 13.6 Å². The molecule has 4 nitrogen and oxygen atoms in total. The molecule has 2 heterocycles. The van der Waals surface area contributed by atoms with Gasteiger partial charge in [0.25, 0.3) is 5.91 Å². The minimum absolute atomic E-state index is 0.00770. The molecule has 0 bridgehead atoms. The highest BCUT2D eigenvalue weighted by molar-refractivity contribution is 5.96. The number of furan rings is 2. The molecular formula is C16H15NO3. The third-order valence-electron chi connectivity index (χ3n) is 3.15. The van der Waals surface area contributed by atoms with Crippen LogP contribution in [-0.4, -0.2) is 11.9 Å². The van der Waals surface area contributed by atoms with Gasteiger partial charge in [-0.1, -0.05) is 18.2 Å². The average Bonchev–Trinajstić information content (AvgIpc) is 3.06. The van der Waals surface area contributed by atoms with Crippen LogP contribution in [0.15, 0.2) is 57.8 Å². The minimum atomic E-state index is -0.197. The number of amides is 1. The van der Waals surface area contributed by atoms with Crippen LogP contribution in [-0.2, 0) is 6.42 Å². The van der Waals surface area contributed by atoms with Crippen molar-refractivity contribution in [1.29, 1.82) is 0 Å². The second-order valence-corrected chi connectivity index (χ2v) is 4.86. The van der Waals surface area contributed by atoms with Crippen molar-refractivity contribution in [3.63, 3.8) is 0 Å². The lowest BCUT2D eigenvalue weighted by Crippen LogP contribution is -2.33. The third kappa shape index (κ3) is 2.59. The number of carbonyl (C=O) groups excluding carboxylic acids is 1. The molecule has 0 spiro atoms. The summed E-state index contributed by atoms with van der Waals surface area (Å²) in [6.07, 6.45) is 4.04. The van der Waals surface area contributed by atoms with Gasteiger partial charge in [0.2, 0.25) is 0 Å². The molecule has 2 aromatic heterocycles. The van der Waals surface area contributed by atoms with Gasteiger partial charge in [-0.3, -0.25) is 4.79 Å². The van der Waals surface area contributed by atoms with Crippen LogP contribution in [0.5, 0.6) is 0 Å². The van der Waals surface area contributed by atoms with E-state index < -0.39 is 0 Å². The van der Waals surface area contributed by atoms with Gasteiger partial charge in [0.1, 0.15) is 5.58 Å². The van der Waals surface area contributed by atoms with Gasteiger partial charge in [0.05, 0.1) is 12.5 Å². The summed E-state index contributed by atoms with van der Waals surface area (Å²) >= 11 is 0. The van der Waals surface area contributed by atoms with E-state index in [0.29, 0.717) is 5.76 Å². The smallest absolute Gasteiger partial charge is 0.287 e. The molecule has 20 heavy (non-hydrogen) atoms. The van der Waals surface area contributed by atoms with E-state index in [4.69, 9.17) is 8.83 Å². The van der Waals surface area contributed by atoms with Crippen LogP contribution in [0.25, 0.3) is 11.0 Å². The largest absolute Gasteiger partial charge is 0.472 e. The second-order valence-electron chi connectivity index (χ2n) is 4.86. The number of fused-ring (bicyclic) bond motifs is 1. The lowest BCUT2D eigenvalue weighted by Gasteiger charge is -2.11. The Bertz CT molecular complexity index is 679. The number of para-hydroxylation sites is 1. The first-order valence-electron chi connectivity index (χ1n) is 6.53. The lowest BCUT2D eigenvalue weighted by molar-refractivity contribution is 0.0914. The summed E-state index contributed by atoms with van der Waals surface area (Å²) in [6, 6.07) is 11.2. The van der Waals surface area contributed by atoms with E-state index in [1.54, 1.807) is 18.6 Å². The Hall–Kier alpha value is -2.49. The van der Waals surface area contributed by atoms with Crippen molar-refractivity contribution in [1.82, 2.24) is 5.32 Å². The molecule has 1 N–H and O–H groups in total. The van der Waals surface area contributed by atoms with Crippen molar-refractivity contribution in [3.8, 4) is 0 Å². The van der Waals surface area contributed by atoms with Crippen LogP contribution in [0.1, 0.15) is 23.0 Å². The van der Waals surface area contributed by atoms with Crippen LogP contribution in [0, 0.1) is 0 Å². The Kier molecular flexibility index (Phi) is 3.29. The van der Waals surface area contributed by atoms with E-state index in [1.807, 2.05) is 37.3 Å². The molecule has 3 rings (SSSR count). The molecule has 0 saturated carbocycles. The predicted molar refractivity (Wildman–Crippen MR) is 75.6 cm³/mol. The minimum Gasteiger partial charge on any atom is -0.472 e. The van der Waals surface area contributed by atoms with E-state index in [0.717, 1.165) is 23.0 Å². The van der Waals surface area contributed by atoms with Gasteiger partial charge in [-0.25, -0.2) is 0 Å². The number of rotatable bonds is 4. The summed E-state index contributed by atoms with van der Waals surface area (Å²) in [5.41, 5.74) is 1.78. The Labute approximate surface area is 116 Å². The average molecular weight is 269 g/mol. The second kappa shape index (κ2) is 5.25. The topological polar surface area (TPSA) is 55.4 Å². The fraction of sp³-hybridized carbons (Fsp3) is 0.188. The lowest BCUT2D eigenvalue weighted by atomic mass is 10.1. The van der Waals surface area contributed by atoms with Gasteiger partial charge >= 0.3 is 0 Å². The highest BCUT2D eigenvalue weighted by Gasteiger charge is 2.15. The fourth-order valence-electron chi connectivity index (χ4n) is 2.20. The molecule has 3 aromatic rings. The summed E-state index contributed by atoms with van der Waals surface area (Å²) in [4.78, 5) is 12.1. The normalized spacial score (nSPS) is 12.4. The molecule has 1 aromatic carbocycles. The molecule has 1 amide bonds. The van der Waals surface area contributed by atoms with Gasteiger partial charge in [0.15, 0.2) is 5.76 Å². The molecule has 0 saturated heterocycles. The molecule has 4 heteroatoms. The Morgan fingerprint density at radius 2 is 2.15 bits per heavy atom. The van der Waals surface area contributed by atoms with Crippen LogP contribution in [0.3, 0.4) is 0 Å². The molecular weight excluding hydrogens is 254 g/mol. The quantitative estimate of drug-likeness (QED) is 0.789. The molecule has 102 valence electrons. The van der Waals surface area contributed by atoms with Crippen molar-refractivity contribution in [2.45, 2.75) is 19.4 Å². The molecule has 0 fully saturated rings. The first kappa shape index (κ1) is 12.5. The van der Waals surface area contributed by atoms with E-state index in [2.05, 4.69) is 5.32 Å². The van der Waals surface area contributed by atoms with Crippen LogP contribution in [0.2, 0.25) is 0 Å². The SMILES string of the molecule is CC(Cc1ccoc1)NC(=O)c1cc2ccccc2o1. The van der Waals surface area contributed by atoms with E-state index >= 15 is 0 Å². The summed E-state index contributed by atoms with van der Waals surface area (Å²) in [7, 11) is 0. The van der Waals surface area contributed by atoms with Crippen molar-refractivity contribution >= 4 is 16.9 Å². The van der Waals surface area contributed by atoms with Crippen molar-refractivity contribution in [3.05, 3.63) is 60.2 Å². The van der Waals surface area contributed by atoms with E-state index in [9.17, 15) is 4.79 Å². The first-order valence-corrected chi connectivity index (χ1v) is 6.53. The Balaban J connectivity index is 1.69. The van der Waals surface area contributed by atoms with Gasteiger partial charge in [0, 0.05) is 11.4 Å². The van der Waals surface area contributed by atoms with Crippen LogP contribution in [0.4, 0.5) is 0 Å². The standard InChI is InChI=1S/C16H15NO3/c1-11(8-12-6-7-19-10-12)17-16(18)15-9-13-4-2-3-5-14(13)20-15/h2-7,9-11H,8H2,1H3,(H,17,18). The van der Waals surface area contributed by atoms with Gasteiger partial charge < -0.3 is 14.2 Å². The summed E-state index contributed by atoms with van der Waals surface area (Å²) < 4.78 is 10.5. The Morgan fingerprint density at radius 3 is 2.90 bits per heavy atom. The number of benzene rings is 1. The molecule has 0 radical (unpaired) electrons. The zero-order chi connectivity index (χ0) is 13.9. The van der Waals surface area contributed by atoms with Gasteiger partial charge in [-0.2, -0.15) is 0 Å². The molecule has 0 aliphatic rings. The maximum Gasteiger partial charge on any atom is 0.287 e. The maximum atomic E-state index is 12.1. The summed E-state index contributed by atoms with van der Waals surface area (Å²) in [5, 5.41) is 3.85. The maximum absolute atomic E-state index is 12.1. The molecule has 1 atom stereocenters. The molecule has 0 aliphatic heterocycles. The molecule has 0 aliphatic carbocycles. The number of hydrogen-bond donors (Lipinski definition) is 1. The monoisotopic (exact) mass is 269 g/mol. The van der Waals surface area contributed by atoms with Gasteiger partial charge in [-0.15, -0.1) is 0 Å². The number of carbonyl (C=O) groups is 1. The van der Waals surface area contributed by atoms with E-state index in [-0.39, 0.29) is 11.9 Å². The Morgan fingerprint density at radius 1 is 1.30 bits per heavy atom. The first-order chi connectivity index (χ1) is 9.72. The highest BCUT2D eigenvalue weighted by atomic mass is 16.3. The fourth-order valence-corrected chi connectivity index (χ4v) is 2.20. The summed E-state index contributed by atoms with van der Waals surface area (Å²) in [6.45, 7) is 1.95.